The van der Waals surface area contributed by atoms with Gasteiger partial charge in [0, 0.05) is 69.0 Å². The van der Waals surface area contributed by atoms with Crippen molar-refractivity contribution in [3.63, 3.8) is 0 Å². The molecule has 554 valence electrons. The maximum atomic E-state index is 15.5. The largest absolute Gasteiger partial charge is 0.394 e. The monoisotopic (exact) mass is 1390 g/mol. The fourth-order valence-corrected chi connectivity index (χ4v) is 15.4. The molecule has 98 heavy (non-hydrogen) atoms. The number of fused-ring (bicyclic) bond motifs is 1. The number of nitrogens with one attached hydrogen (secondary N) is 3. The highest BCUT2D eigenvalue weighted by atomic mass is 19.4. The van der Waals surface area contributed by atoms with E-state index in [-0.39, 0.29) is 82.1 Å². The van der Waals surface area contributed by atoms with Crippen LogP contribution in [0.3, 0.4) is 0 Å². The third-order valence-electron chi connectivity index (χ3n) is 21.6. The van der Waals surface area contributed by atoms with Crippen molar-refractivity contribution < 1.29 is 75.1 Å². The minimum atomic E-state index is -4.75. The molecule has 3 aliphatic heterocycles. The second-order valence-electron chi connectivity index (χ2n) is 30.4. The van der Waals surface area contributed by atoms with Gasteiger partial charge in [0.25, 0.3) is 0 Å². The normalized spacial score (nSPS) is 29.1. The van der Waals surface area contributed by atoms with Crippen LogP contribution >= 0.6 is 0 Å². The van der Waals surface area contributed by atoms with Crippen LogP contribution in [0.1, 0.15) is 189 Å². The summed E-state index contributed by atoms with van der Waals surface area (Å²) >= 11 is 0. The molecule has 0 aromatic carbocycles. The van der Waals surface area contributed by atoms with Gasteiger partial charge in [0.05, 0.1) is 32.0 Å². The zero-order chi connectivity index (χ0) is 72.8. The van der Waals surface area contributed by atoms with Gasteiger partial charge in [-0.1, -0.05) is 86.5 Å². The van der Waals surface area contributed by atoms with Gasteiger partial charge in [-0.15, -0.1) is 0 Å². The van der Waals surface area contributed by atoms with Gasteiger partial charge in [0.15, 0.2) is 0 Å². The Morgan fingerprint density at radius 2 is 1.12 bits per heavy atom. The molecule has 24 nitrogen and oxygen atoms in total. The Hall–Kier alpha value is -6.64. The molecule has 0 aromatic heterocycles. The number of nitrogens with zero attached hydrogens (tertiary/aromatic N) is 9. The predicted octanol–water partition coefficient (Wildman–Crippen LogP) is 5.29. The van der Waals surface area contributed by atoms with E-state index in [1.54, 1.807) is 18.7 Å². The number of piperidine rings is 1. The molecule has 0 bridgehead atoms. The Bertz CT molecular complexity index is 2830. The maximum Gasteiger partial charge on any atom is 0.394 e. The van der Waals surface area contributed by atoms with Crippen LogP contribution in [-0.2, 0) is 57.5 Å². The van der Waals surface area contributed by atoms with E-state index in [4.69, 9.17) is 0 Å². The molecule has 3 N–H and O–H groups in total. The summed E-state index contributed by atoms with van der Waals surface area (Å²) in [7, 11) is 9.83. The lowest BCUT2D eigenvalue weighted by atomic mass is 9.78. The molecule has 3 saturated heterocycles. The van der Waals surface area contributed by atoms with E-state index >= 15 is 23.6 Å². The SMILES string of the molecule is CC(C)C[C@H]1C(=O)N[C@@H](C(C)C)C(=O)N(C)CC(=O)N(C)CC(=O)N(C)[C@@H](CC2CCCCC2)C(=O)N(C)CC(=O)N[C@@H](CCC2CCC(C(F)(F)F)C(F)C2)C(=O)N2CCC[C@H]2C(=O)NC2(CCCC2)C(=O)N(C)[C@@H](CC(C)C)C(=O)N(C)[C@H](C(=O)N2CCCCC2)CC(=O)N1C. The molecule has 12 amide bonds. The Morgan fingerprint density at radius 3 is 1.71 bits per heavy atom. The summed E-state index contributed by atoms with van der Waals surface area (Å²) < 4.78 is 56.8. The van der Waals surface area contributed by atoms with Crippen molar-refractivity contribution in [1.82, 2.24) is 60.0 Å². The lowest BCUT2D eigenvalue weighted by molar-refractivity contribution is -0.201. The van der Waals surface area contributed by atoms with Crippen molar-refractivity contribution in [2.24, 2.45) is 35.5 Å². The number of carbonyl (C=O) groups is 12. The van der Waals surface area contributed by atoms with Gasteiger partial charge < -0.3 is 60.0 Å². The first-order chi connectivity index (χ1) is 46.0. The summed E-state index contributed by atoms with van der Waals surface area (Å²) in [6.45, 7) is 9.90. The van der Waals surface area contributed by atoms with Crippen LogP contribution in [0, 0.1) is 35.5 Å². The lowest BCUT2D eigenvalue weighted by Gasteiger charge is -2.41. The molecule has 3 unspecified atom stereocenters. The fraction of sp³-hybridized carbons (Fsp3) is 0.829. The molecular weight excluding hydrogens is 1280 g/mol. The summed E-state index contributed by atoms with van der Waals surface area (Å²) in [6.07, 6.45) is 0.174. The number of hydrogen-bond donors (Lipinski definition) is 3. The molecule has 3 aliphatic carbocycles. The summed E-state index contributed by atoms with van der Waals surface area (Å²) in [5.41, 5.74) is -1.58. The first-order valence-electron chi connectivity index (χ1n) is 36.0. The molecule has 6 aliphatic rings. The quantitative estimate of drug-likeness (QED) is 0.223. The maximum absolute atomic E-state index is 15.5. The van der Waals surface area contributed by atoms with Gasteiger partial charge >= 0.3 is 6.18 Å². The van der Waals surface area contributed by atoms with Crippen molar-refractivity contribution in [2.45, 2.75) is 249 Å². The molecule has 10 atom stereocenters. The Morgan fingerprint density at radius 1 is 0.541 bits per heavy atom. The number of likely N-dealkylation sites (N-methyl/N-ethyl adjacent to an activating group) is 7. The average Bonchev–Trinajstić information content (AvgIpc) is 1.50. The molecule has 6 fully saturated rings. The van der Waals surface area contributed by atoms with Crippen LogP contribution in [0.25, 0.3) is 0 Å². The number of alkyl halides is 4. The van der Waals surface area contributed by atoms with Crippen molar-refractivity contribution in [3.8, 4) is 0 Å². The highest BCUT2D eigenvalue weighted by Gasteiger charge is 2.52. The third kappa shape index (κ3) is 20.8. The summed E-state index contributed by atoms with van der Waals surface area (Å²) in [6, 6.07) is -8.80. The number of carbonyl (C=O) groups excluding carboxylic acids is 12. The molecule has 0 radical (unpaired) electrons. The van der Waals surface area contributed by atoms with Gasteiger partial charge in [-0.05, 0) is 126 Å². The van der Waals surface area contributed by atoms with Gasteiger partial charge in [-0.25, -0.2) is 4.39 Å². The second kappa shape index (κ2) is 35.6. The van der Waals surface area contributed by atoms with Crippen molar-refractivity contribution in [2.75, 3.05) is 88.6 Å². The number of hydrogen-bond acceptors (Lipinski definition) is 12. The van der Waals surface area contributed by atoms with E-state index < -0.39 is 188 Å². The summed E-state index contributed by atoms with van der Waals surface area (Å²) in [4.78, 5) is 189. The van der Waals surface area contributed by atoms with E-state index in [0.29, 0.717) is 45.2 Å². The summed E-state index contributed by atoms with van der Waals surface area (Å²) in [5.74, 6) is -11.6. The molecule has 28 heteroatoms. The number of rotatable bonds is 11. The van der Waals surface area contributed by atoms with Gasteiger partial charge in [0.1, 0.15) is 54.0 Å². The predicted molar refractivity (Wildman–Crippen MR) is 358 cm³/mol. The zero-order valence-electron chi connectivity index (χ0n) is 60.5. The Kier molecular flexibility index (Phi) is 29.2. The van der Waals surface area contributed by atoms with E-state index in [1.807, 2.05) is 27.7 Å². The molecule has 6 rings (SSSR count). The van der Waals surface area contributed by atoms with Crippen LogP contribution in [0.5, 0.6) is 0 Å². The van der Waals surface area contributed by atoms with Gasteiger partial charge in [-0.3, -0.25) is 57.5 Å². The van der Waals surface area contributed by atoms with E-state index in [1.165, 1.54) is 73.8 Å². The standard InChI is InChI=1S/C70H114F4N12O12/c1-43(2)35-52-61(91)76-60(45(5)6)67(97)80(9)41-58(89)78(7)42-59(90)82(11)54(38-46-23-16-14-17-24-46)64(94)79(8)40-56(87)75-50(29-27-47-26-28-48(49(71)37-47)70(72,73)74)63(93)86-34-22-25-51(86)62(92)77-69(30-18-19-31-69)68(98)84(13)53(36-44(3)4)65(95)83(12)55(39-57(88)81(52)10)66(96)85-32-20-15-21-33-85/h43-55,60H,14-42H2,1-13H3,(H,75,87)(H,76,91)(H,77,92)/t47?,48?,49?,50-,51-,52-,53-,54-,55-,60-/m0/s1. The van der Waals surface area contributed by atoms with Gasteiger partial charge in [-0.2, -0.15) is 13.2 Å². The first-order valence-corrected chi connectivity index (χ1v) is 36.0. The first kappa shape index (κ1) is 80.3. The van der Waals surface area contributed by atoms with E-state index in [0.717, 1.165) is 53.2 Å². The molecule has 3 heterocycles. The van der Waals surface area contributed by atoms with Crippen LogP contribution < -0.4 is 16.0 Å². The number of likely N-dealkylation sites (tertiary alicyclic amines) is 1. The summed E-state index contributed by atoms with van der Waals surface area (Å²) in [5, 5.41) is 8.63. The molecule has 3 saturated carbocycles. The highest BCUT2D eigenvalue weighted by molar-refractivity contribution is 6.00. The fourth-order valence-electron chi connectivity index (χ4n) is 15.4. The zero-order valence-corrected chi connectivity index (χ0v) is 60.5. The van der Waals surface area contributed by atoms with Crippen LogP contribution in [0.15, 0.2) is 0 Å². The van der Waals surface area contributed by atoms with Crippen LogP contribution in [0.4, 0.5) is 17.6 Å². The van der Waals surface area contributed by atoms with Crippen LogP contribution in [0.2, 0.25) is 0 Å². The van der Waals surface area contributed by atoms with Crippen molar-refractivity contribution >= 4 is 70.9 Å². The minimum absolute atomic E-state index is 0.00165. The average molecular weight is 1390 g/mol. The van der Waals surface area contributed by atoms with Crippen molar-refractivity contribution in [1.29, 1.82) is 0 Å². The van der Waals surface area contributed by atoms with E-state index in [2.05, 4.69) is 16.0 Å². The molecule has 0 aromatic rings. The Balaban J connectivity index is 1.40. The number of halogens is 4. The third-order valence-corrected chi connectivity index (χ3v) is 21.6. The Labute approximate surface area is 577 Å². The smallest absolute Gasteiger partial charge is 0.343 e. The molecule has 1 spiro atoms. The number of amides is 12. The highest BCUT2D eigenvalue weighted by Crippen LogP contribution is 2.43. The van der Waals surface area contributed by atoms with E-state index in [9.17, 15) is 51.5 Å². The van der Waals surface area contributed by atoms with Crippen molar-refractivity contribution in [3.05, 3.63) is 0 Å². The topological polar surface area (TPSA) is 270 Å². The second-order valence-corrected chi connectivity index (χ2v) is 30.4. The lowest BCUT2D eigenvalue weighted by Crippen LogP contribution is -2.64. The molecular formula is C70H114F4N12O12. The minimum Gasteiger partial charge on any atom is -0.343 e. The van der Waals surface area contributed by atoms with Gasteiger partial charge in [0.2, 0.25) is 70.9 Å². The van der Waals surface area contributed by atoms with Crippen LogP contribution in [-0.4, -0.2) is 264 Å².